The van der Waals surface area contributed by atoms with E-state index < -0.39 is 0 Å². The SMILES string of the molecule is CC(C)C1(CN2CCCC(NC3CC3)C2)CC1. The Hall–Kier alpha value is -0.0800. The van der Waals surface area contributed by atoms with Gasteiger partial charge in [-0.3, -0.25) is 0 Å². The molecule has 2 saturated carbocycles. The van der Waals surface area contributed by atoms with Gasteiger partial charge < -0.3 is 10.2 Å². The van der Waals surface area contributed by atoms with Gasteiger partial charge in [-0.15, -0.1) is 0 Å². The highest BCUT2D eigenvalue weighted by Crippen LogP contribution is 2.52. The Morgan fingerprint density at radius 3 is 2.53 bits per heavy atom. The van der Waals surface area contributed by atoms with Crippen LogP contribution in [0.25, 0.3) is 0 Å². The van der Waals surface area contributed by atoms with Gasteiger partial charge >= 0.3 is 0 Å². The second-order valence-electron chi connectivity index (χ2n) is 7.03. The van der Waals surface area contributed by atoms with E-state index in [2.05, 4.69) is 24.1 Å². The Morgan fingerprint density at radius 2 is 1.94 bits per heavy atom. The first kappa shape index (κ1) is 12.0. The molecule has 0 spiro atoms. The molecule has 98 valence electrons. The molecular formula is C15H28N2. The highest BCUT2D eigenvalue weighted by Gasteiger charge is 2.46. The van der Waals surface area contributed by atoms with E-state index in [4.69, 9.17) is 0 Å². The lowest BCUT2D eigenvalue weighted by atomic mass is 9.91. The summed E-state index contributed by atoms with van der Waals surface area (Å²) in [6.07, 6.45) is 8.60. The average molecular weight is 236 g/mol. The van der Waals surface area contributed by atoms with Crippen LogP contribution in [0, 0.1) is 11.3 Å². The number of hydrogen-bond acceptors (Lipinski definition) is 2. The van der Waals surface area contributed by atoms with Gasteiger partial charge in [0.15, 0.2) is 0 Å². The first-order valence-corrected chi connectivity index (χ1v) is 7.66. The minimum Gasteiger partial charge on any atom is -0.310 e. The Balaban J connectivity index is 1.49. The van der Waals surface area contributed by atoms with Crippen LogP contribution in [-0.2, 0) is 0 Å². The van der Waals surface area contributed by atoms with E-state index in [9.17, 15) is 0 Å². The fraction of sp³-hybridized carbons (Fsp3) is 1.00. The van der Waals surface area contributed by atoms with Crippen LogP contribution in [0.2, 0.25) is 0 Å². The topological polar surface area (TPSA) is 15.3 Å². The number of piperidine rings is 1. The molecule has 3 rings (SSSR count). The van der Waals surface area contributed by atoms with E-state index in [0.29, 0.717) is 5.41 Å². The molecular weight excluding hydrogens is 208 g/mol. The minimum atomic E-state index is 0.696. The van der Waals surface area contributed by atoms with Crippen molar-refractivity contribution >= 4 is 0 Å². The molecule has 0 bridgehead atoms. The van der Waals surface area contributed by atoms with Crippen LogP contribution < -0.4 is 5.32 Å². The molecule has 2 nitrogen and oxygen atoms in total. The Bertz CT molecular complexity index is 266. The maximum atomic E-state index is 3.82. The van der Waals surface area contributed by atoms with Gasteiger partial charge in [0.25, 0.3) is 0 Å². The predicted molar refractivity (Wildman–Crippen MR) is 72.1 cm³/mol. The van der Waals surface area contributed by atoms with Crippen LogP contribution in [-0.4, -0.2) is 36.6 Å². The Labute approximate surface area is 106 Å². The molecule has 1 saturated heterocycles. The van der Waals surface area contributed by atoms with Crippen molar-refractivity contribution in [2.45, 2.75) is 64.5 Å². The summed E-state index contributed by atoms with van der Waals surface area (Å²) in [5.74, 6) is 0.874. The zero-order valence-electron chi connectivity index (χ0n) is 11.5. The van der Waals surface area contributed by atoms with Crippen LogP contribution in [0.15, 0.2) is 0 Å². The molecule has 1 heterocycles. The maximum Gasteiger partial charge on any atom is 0.0198 e. The summed E-state index contributed by atoms with van der Waals surface area (Å²) in [4.78, 5) is 2.75. The quantitative estimate of drug-likeness (QED) is 0.789. The lowest BCUT2D eigenvalue weighted by molar-refractivity contribution is 0.138. The zero-order chi connectivity index (χ0) is 11.9. The maximum absolute atomic E-state index is 3.82. The van der Waals surface area contributed by atoms with Crippen LogP contribution in [0.1, 0.15) is 52.4 Å². The number of nitrogens with zero attached hydrogens (tertiary/aromatic N) is 1. The summed E-state index contributed by atoms with van der Waals surface area (Å²) < 4.78 is 0. The summed E-state index contributed by atoms with van der Waals surface area (Å²) in [5, 5.41) is 3.82. The van der Waals surface area contributed by atoms with Gasteiger partial charge in [-0.1, -0.05) is 13.8 Å². The summed E-state index contributed by atoms with van der Waals surface area (Å²) in [5.41, 5.74) is 0.696. The molecule has 2 heteroatoms. The van der Waals surface area contributed by atoms with Gasteiger partial charge in [0.2, 0.25) is 0 Å². The van der Waals surface area contributed by atoms with Crippen molar-refractivity contribution in [1.29, 1.82) is 0 Å². The molecule has 17 heavy (non-hydrogen) atoms. The molecule has 0 aromatic carbocycles. The lowest BCUT2D eigenvalue weighted by Gasteiger charge is -2.36. The normalized spacial score (nSPS) is 33.0. The summed E-state index contributed by atoms with van der Waals surface area (Å²) in [7, 11) is 0. The van der Waals surface area contributed by atoms with E-state index in [1.165, 1.54) is 58.2 Å². The van der Waals surface area contributed by atoms with Crippen molar-refractivity contribution < 1.29 is 0 Å². The van der Waals surface area contributed by atoms with Gasteiger partial charge in [0, 0.05) is 25.2 Å². The van der Waals surface area contributed by atoms with Gasteiger partial charge in [-0.05, 0) is 56.4 Å². The van der Waals surface area contributed by atoms with Crippen LogP contribution in [0.3, 0.4) is 0 Å². The first-order chi connectivity index (χ1) is 8.18. The molecule has 0 radical (unpaired) electrons. The third-order valence-corrected chi connectivity index (χ3v) is 5.21. The summed E-state index contributed by atoms with van der Waals surface area (Å²) in [6.45, 7) is 8.85. The van der Waals surface area contributed by atoms with Crippen LogP contribution >= 0.6 is 0 Å². The number of rotatable bonds is 5. The largest absolute Gasteiger partial charge is 0.310 e. The molecule has 3 fully saturated rings. The molecule has 1 N–H and O–H groups in total. The van der Waals surface area contributed by atoms with Crippen molar-refractivity contribution in [3.05, 3.63) is 0 Å². The number of hydrogen-bond donors (Lipinski definition) is 1. The highest BCUT2D eigenvalue weighted by atomic mass is 15.2. The second-order valence-corrected chi connectivity index (χ2v) is 7.03. The van der Waals surface area contributed by atoms with Crippen molar-refractivity contribution in [1.82, 2.24) is 10.2 Å². The smallest absolute Gasteiger partial charge is 0.0198 e. The summed E-state index contributed by atoms with van der Waals surface area (Å²) in [6, 6.07) is 1.67. The third-order valence-electron chi connectivity index (χ3n) is 5.21. The molecule has 3 aliphatic rings. The van der Waals surface area contributed by atoms with Crippen molar-refractivity contribution in [2.24, 2.45) is 11.3 Å². The highest BCUT2D eigenvalue weighted by molar-refractivity contribution is 4.99. The van der Waals surface area contributed by atoms with Gasteiger partial charge in [0.1, 0.15) is 0 Å². The Morgan fingerprint density at radius 1 is 1.18 bits per heavy atom. The van der Waals surface area contributed by atoms with E-state index >= 15 is 0 Å². The second kappa shape index (κ2) is 4.55. The minimum absolute atomic E-state index is 0.696. The zero-order valence-corrected chi connectivity index (χ0v) is 11.5. The van der Waals surface area contributed by atoms with Crippen molar-refractivity contribution in [2.75, 3.05) is 19.6 Å². The Kier molecular flexibility index (Phi) is 3.20. The first-order valence-electron chi connectivity index (χ1n) is 7.66. The van der Waals surface area contributed by atoms with Crippen molar-refractivity contribution in [3.8, 4) is 0 Å². The molecule has 2 aliphatic carbocycles. The van der Waals surface area contributed by atoms with Gasteiger partial charge in [-0.2, -0.15) is 0 Å². The number of nitrogens with one attached hydrogen (secondary N) is 1. The standard InChI is InChI=1S/C15H28N2/c1-12(2)15(7-8-15)11-17-9-3-4-14(10-17)16-13-5-6-13/h12-14,16H,3-11H2,1-2H3. The predicted octanol–water partition coefficient (Wildman–Crippen LogP) is 2.64. The molecule has 1 unspecified atom stereocenters. The molecule has 0 aromatic heterocycles. The molecule has 0 aromatic rings. The average Bonchev–Trinajstić information content (AvgIpc) is 3.15. The van der Waals surface area contributed by atoms with Gasteiger partial charge in [-0.25, -0.2) is 0 Å². The lowest BCUT2D eigenvalue weighted by Crippen LogP contribution is -2.48. The number of likely N-dealkylation sites (tertiary alicyclic amines) is 1. The van der Waals surface area contributed by atoms with E-state index in [1.807, 2.05) is 0 Å². The fourth-order valence-electron chi connectivity index (χ4n) is 3.44. The van der Waals surface area contributed by atoms with E-state index in [0.717, 1.165) is 18.0 Å². The monoisotopic (exact) mass is 236 g/mol. The fourth-order valence-corrected chi connectivity index (χ4v) is 3.44. The van der Waals surface area contributed by atoms with E-state index in [-0.39, 0.29) is 0 Å². The third kappa shape index (κ3) is 2.85. The van der Waals surface area contributed by atoms with Gasteiger partial charge in [0.05, 0.1) is 0 Å². The molecule has 0 amide bonds. The molecule has 1 atom stereocenters. The van der Waals surface area contributed by atoms with Crippen LogP contribution in [0.4, 0.5) is 0 Å². The van der Waals surface area contributed by atoms with E-state index in [1.54, 1.807) is 0 Å². The van der Waals surface area contributed by atoms with Crippen LogP contribution in [0.5, 0.6) is 0 Å². The summed E-state index contributed by atoms with van der Waals surface area (Å²) >= 11 is 0. The van der Waals surface area contributed by atoms with Crippen molar-refractivity contribution in [3.63, 3.8) is 0 Å². The molecule has 1 aliphatic heterocycles.